The second-order valence-electron chi connectivity index (χ2n) is 5.15. The second-order valence-corrected chi connectivity index (χ2v) is 5.15. The molecule has 1 heterocycles. The van der Waals surface area contributed by atoms with Crippen molar-refractivity contribution in [3.63, 3.8) is 0 Å². The van der Waals surface area contributed by atoms with Crippen LogP contribution >= 0.6 is 0 Å². The van der Waals surface area contributed by atoms with Gasteiger partial charge in [0.05, 0.1) is 0 Å². The van der Waals surface area contributed by atoms with Crippen LogP contribution in [0.4, 0.5) is 0 Å². The molecule has 2 rings (SSSR count). The minimum atomic E-state index is -0.574. The quantitative estimate of drug-likeness (QED) is 0.733. The molecule has 0 radical (unpaired) electrons. The van der Waals surface area contributed by atoms with Gasteiger partial charge in [0.2, 0.25) is 0 Å². The molecule has 5 nitrogen and oxygen atoms in total. The van der Waals surface area contributed by atoms with Gasteiger partial charge < -0.3 is 15.6 Å². The third-order valence-electron chi connectivity index (χ3n) is 3.55. The number of amides is 2. The molecule has 1 aromatic carbocycles. The van der Waals surface area contributed by atoms with Gasteiger partial charge in [-0.25, -0.2) is 0 Å². The summed E-state index contributed by atoms with van der Waals surface area (Å²) in [5.41, 5.74) is 2.21. The topological polar surface area (TPSA) is 74.0 Å². The van der Waals surface area contributed by atoms with E-state index in [1.807, 2.05) is 44.3 Å². The highest BCUT2D eigenvalue weighted by Crippen LogP contribution is 2.17. The van der Waals surface area contributed by atoms with Gasteiger partial charge in [0.25, 0.3) is 0 Å². The highest BCUT2D eigenvalue weighted by molar-refractivity contribution is 6.35. The molecule has 112 valence electrons. The lowest BCUT2D eigenvalue weighted by atomic mass is 10.1. The van der Waals surface area contributed by atoms with Gasteiger partial charge in [-0.15, -0.1) is 0 Å². The molecule has 0 fully saturated rings. The van der Waals surface area contributed by atoms with Crippen molar-refractivity contribution in [2.24, 2.45) is 0 Å². The molecule has 0 saturated carbocycles. The van der Waals surface area contributed by atoms with Crippen molar-refractivity contribution in [3.05, 3.63) is 36.0 Å². The van der Waals surface area contributed by atoms with Gasteiger partial charge in [0.15, 0.2) is 0 Å². The molecule has 0 saturated heterocycles. The van der Waals surface area contributed by atoms with Crippen molar-refractivity contribution in [1.82, 2.24) is 15.6 Å². The largest absolute Gasteiger partial charge is 0.361 e. The Bertz CT molecular complexity index is 633. The molecule has 0 spiro atoms. The first kappa shape index (κ1) is 15.1. The molecule has 0 aliphatic heterocycles. The van der Waals surface area contributed by atoms with E-state index in [0.29, 0.717) is 13.0 Å². The van der Waals surface area contributed by atoms with E-state index in [0.717, 1.165) is 22.9 Å². The highest BCUT2D eigenvalue weighted by atomic mass is 16.2. The monoisotopic (exact) mass is 287 g/mol. The number of para-hydroxylation sites is 1. The first-order valence-corrected chi connectivity index (χ1v) is 7.25. The van der Waals surface area contributed by atoms with Crippen LogP contribution in [0.5, 0.6) is 0 Å². The lowest BCUT2D eigenvalue weighted by molar-refractivity contribution is -0.139. The zero-order valence-corrected chi connectivity index (χ0v) is 12.4. The average Bonchev–Trinajstić information content (AvgIpc) is 2.90. The van der Waals surface area contributed by atoms with Crippen LogP contribution in [0.3, 0.4) is 0 Å². The van der Waals surface area contributed by atoms with Gasteiger partial charge in [0.1, 0.15) is 0 Å². The minimum absolute atomic E-state index is 0.0110. The number of benzene rings is 1. The highest BCUT2D eigenvalue weighted by Gasteiger charge is 2.14. The lowest BCUT2D eigenvalue weighted by Crippen LogP contribution is -2.43. The summed E-state index contributed by atoms with van der Waals surface area (Å²) < 4.78 is 0. The summed E-state index contributed by atoms with van der Waals surface area (Å²) >= 11 is 0. The smallest absolute Gasteiger partial charge is 0.309 e. The van der Waals surface area contributed by atoms with E-state index in [9.17, 15) is 9.59 Å². The predicted octanol–water partition coefficient (Wildman–Crippen LogP) is 1.74. The van der Waals surface area contributed by atoms with Crippen LogP contribution in [0.25, 0.3) is 10.9 Å². The maximum absolute atomic E-state index is 11.7. The second kappa shape index (κ2) is 6.92. The van der Waals surface area contributed by atoms with E-state index in [2.05, 4.69) is 15.6 Å². The Labute approximate surface area is 124 Å². The third-order valence-corrected chi connectivity index (χ3v) is 3.55. The number of aromatic nitrogens is 1. The third kappa shape index (κ3) is 3.84. The van der Waals surface area contributed by atoms with Gasteiger partial charge in [-0.05, 0) is 31.4 Å². The molecule has 21 heavy (non-hydrogen) atoms. The number of hydrogen-bond donors (Lipinski definition) is 3. The number of nitrogens with one attached hydrogen (secondary N) is 3. The Kier molecular flexibility index (Phi) is 4.98. The van der Waals surface area contributed by atoms with E-state index in [1.165, 1.54) is 0 Å². The maximum atomic E-state index is 11.7. The van der Waals surface area contributed by atoms with Crippen molar-refractivity contribution in [1.29, 1.82) is 0 Å². The van der Waals surface area contributed by atoms with Crippen molar-refractivity contribution in [2.45, 2.75) is 32.7 Å². The fourth-order valence-corrected chi connectivity index (χ4v) is 2.12. The van der Waals surface area contributed by atoms with E-state index in [1.54, 1.807) is 0 Å². The number of carbonyl (C=O) groups is 2. The zero-order chi connectivity index (χ0) is 15.2. The molecule has 0 aliphatic carbocycles. The van der Waals surface area contributed by atoms with Crippen molar-refractivity contribution in [3.8, 4) is 0 Å². The summed E-state index contributed by atoms with van der Waals surface area (Å²) in [6, 6.07) is 8.02. The molecule has 2 aromatic rings. The Morgan fingerprint density at radius 3 is 2.76 bits per heavy atom. The first-order valence-electron chi connectivity index (χ1n) is 7.25. The van der Waals surface area contributed by atoms with Gasteiger partial charge >= 0.3 is 11.8 Å². The van der Waals surface area contributed by atoms with Crippen LogP contribution in [-0.2, 0) is 16.0 Å². The number of rotatable bonds is 5. The van der Waals surface area contributed by atoms with Crippen LogP contribution in [0.2, 0.25) is 0 Å². The molecule has 0 aliphatic rings. The first-order chi connectivity index (χ1) is 10.1. The van der Waals surface area contributed by atoms with Gasteiger partial charge in [-0.1, -0.05) is 25.1 Å². The normalized spacial score (nSPS) is 12.1. The number of hydrogen-bond acceptors (Lipinski definition) is 2. The molecule has 2 amide bonds. The minimum Gasteiger partial charge on any atom is -0.361 e. The van der Waals surface area contributed by atoms with E-state index >= 15 is 0 Å². The molecule has 0 unspecified atom stereocenters. The summed E-state index contributed by atoms with van der Waals surface area (Å²) in [7, 11) is 0. The van der Waals surface area contributed by atoms with Crippen molar-refractivity contribution < 1.29 is 9.59 Å². The molecule has 1 aromatic heterocycles. The van der Waals surface area contributed by atoms with Crippen LogP contribution < -0.4 is 10.6 Å². The van der Waals surface area contributed by atoms with Gasteiger partial charge in [-0.2, -0.15) is 0 Å². The lowest BCUT2D eigenvalue weighted by Gasteiger charge is -2.11. The van der Waals surface area contributed by atoms with E-state index in [4.69, 9.17) is 0 Å². The molecular formula is C16H21N3O2. The number of aromatic amines is 1. The molecule has 1 atom stereocenters. The summed E-state index contributed by atoms with van der Waals surface area (Å²) in [5.74, 6) is -1.14. The van der Waals surface area contributed by atoms with Crippen LogP contribution in [0.1, 0.15) is 25.8 Å². The Morgan fingerprint density at radius 1 is 1.24 bits per heavy atom. The van der Waals surface area contributed by atoms with Crippen LogP contribution in [-0.4, -0.2) is 29.4 Å². The zero-order valence-electron chi connectivity index (χ0n) is 12.4. The standard InChI is InChI=1S/C16H21N3O2/c1-3-11(2)19-16(21)15(20)17-9-8-12-10-18-14-7-5-4-6-13(12)14/h4-7,10-11,18H,3,8-9H2,1-2H3,(H,17,20)(H,19,21)/t11-/m1/s1. The summed E-state index contributed by atoms with van der Waals surface area (Å²) in [5, 5.41) is 6.44. The Morgan fingerprint density at radius 2 is 2.00 bits per heavy atom. The van der Waals surface area contributed by atoms with E-state index < -0.39 is 11.8 Å². The summed E-state index contributed by atoms with van der Waals surface area (Å²) in [6.07, 6.45) is 3.43. The number of H-pyrrole nitrogens is 1. The molecule has 5 heteroatoms. The molecule has 3 N–H and O–H groups in total. The summed E-state index contributed by atoms with van der Waals surface area (Å²) in [4.78, 5) is 26.4. The molecular weight excluding hydrogens is 266 g/mol. The SMILES string of the molecule is CC[C@@H](C)NC(=O)C(=O)NCCc1c[nH]c2ccccc12. The average molecular weight is 287 g/mol. The van der Waals surface area contributed by atoms with Crippen LogP contribution in [0.15, 0.2) is 30.5 Å². The van der Waals surface area contributed by atoms with Gasteiger partial charge in [-0.3, -0.25) is 9.59 Å². The Hall–Kier alpha value is -2.30. The fourth-order valence-electron chi connectivity index (χ4n) is 2.12. The van der Waals surface area contributed by atoms with Crippen LogP contribution in [0, 0.1) is 0 Å². The fraction of sp³-hybridized carbons (Fsp3) is 0.375. The number of fused-ring (bicyclic) bond motifs is 1. The predicted molar refractivity (Wildman–Crippen MR) is 82.9 cm³/mol. The van der Waals surface area contributed by atoms with Crippen molar-refractivity contribution in [2.75, 3.05) is 6.54 Å². The van der Waals surface area contributed by atoms with Crippen molar-refractivity contribution >= 4 is 22.7 Å². The molecule has 0 bridgehead atoms. The summed E-state index contributed by atoms with van der Waals surface area (Å²) in [6.45, 7) is 4.27. The van der Waals surface area contributed by atoms with E-state index in [-0.39, 0.29) is 6.04 Å². The maximum Gasteiger partial charge on any atom is 0.309 e. The number of carbonyl (C=O) groups excluding carboxylic acids is 2. The van der Waals surface area contributed by atoms with Gasteiger partial charge in [0, 0.05) is 29.7 Å². The Balaban J connectivity index is 1.84.